The van der Waals surface area contributed by atoms with Gasteiger partial charge in [-0.1, -0.05) is 11.6 Å². The molecule has 3 aromatic heterocycles. The SMILES string of the molecule is Cn1ncc2c1ncn1nc(COc3ccc(Cl)cc3)nc21. The molecule has 0 aliphatic carbocycles. The molecule has 0 atom stereocenters. The Kier molecular flexibility index (Phi) is 2.93. The van der Waals surface area contributed by atoms with Crippen LogP contribution in [0.2, 0.25) is 5.02 Å². The number of halogens is 1. The van der Waals surface area contributed by atoms with E-state index in [-0.39, 0.29) is 6.61 Å². The van der Waals surface area contributed by atoms with Gasteiger partial charge in [0, 0.05) is 12.1 Å². The maximum Gasteiger partial charge on any atom is 0.189 e. The average molecular weight is 315 g/mol. The van der Waals surface area contributed by atoms with Gasteiger partial charge in [-0.25, -0.2) is 14.5 Å². The molecular weight excluding hydrogens is 304 g/mol. The smallest absolute Gasteiger partial charge is 0.189 e. The van der Waals surface area contributed by atoms with Crippen LogP contribution in [-0.2, 0) is 13.7 Å². The molecule has 0 unspecified atom stereocenters. The maximum absolute atomic E-state index is 5.84. The van der Waals surface area contributed by atoms with E-state index in [9.17, 15) is 0 Å². The zero-order valence-electron chi connectivity index (χ0n) is 11.6. The second-order valence-corrected chi connectivity index (χ2v) is 5.23. The highest BCUT2D eigenvalue weighted by Gasteiger charge is 2.11. The van der Waals surface area contributed by atoms with Gasteiger partial charge in [-0.3, -0.25) is 4.68 Å². The first-order chi connectivity index (χ1) is 10.7. The van der Waals surface area contributed by atoms with Crippen molar-refractivity contribution >= 4 is 28.3 Å². The third-order valence-electron chi connectivity index (χ3n) is 3.29. The lowest BCUT2D eigenvalue weighted by molar-refractivity contribution is 0.296. The molecule has 0 bridgehead atoms. The van der Waals surface area contributed by atoms with Crippen LogP contribution < -0.4 is 4.74 Å². The summed E-state index contributed by atoms with van der Waals surface area (Å²) in [7, 11) is 1.84. The van der Waals surface area contributed by atoms with Gasteiger partial charge < -0.3 is 4.74 Å². The number of aryl methyl sites for hydroxylation is 1. The van der Waals surface area contributed by atoms with E-state index in [4.69, 9.17) is 16.3 Å². The number of ether oxygens (including phenoxy) is 1. The number of aromatic nitrogens is 6. The van der Waals surface area contributed by atoms with Crippen LogP contribution >= 0.6 is 11.6 Å². The molecule has 4 aromatic rings. The zero-order valence-corrected chi connectivity index (χ0v) is 12.4. The van der Waals surface area contributed by atoms with Crippen molar-refractivity contribution in [2.24, 2.45) is 7.05 Å². The number of nitrogens with zero attached hydrogens (tertiary/aromatic N) is 6. The Hall–Kier alpha value is -2.67. The Bertz CT molecular complexity index is 959. The maximum atomic E-state index is 5.84. The Morgan fingerprint density at radius 2 is 2.00 bits per heavy atom. The van der Waals surface area contributed by atoms with Crippen LogP contribution in [0.3, 0.4) is 0 Å². The van der Waals surface area contributed by atoms with Crippen molar-refractivity contribution in [2.75, 3.05) is 0 Å². The fourth-order valence-electron chi connectivity index (χ4n) is 2.22. The Morgan fingerprint density at radius 1 is 1.18 bits per heavy atom. The lowest BCUT2D eigenvalue weighted by Gasteiger charge is -2.02. The number of fused-ring (bicyclic) bond motifs is 3. The second kappa shape index (κ2) is 4.96. The van der Waals surface area contributed by atoms with E-state index in [1.165, 1.54) is 0 Å². The minimum Gasteiger partial charge on any atom is -0.486 e. The summed E-state index contributed by atoms with van der Waals surface area (Å²) >= 11 is 5.84. The number of rotatable bonds is 3. The van der Waals surface area contributed by atoms with Crippen LogP contribution in [0.25, 0.3) is 16.7 Å². The Labute approximate surface area is 130 Å². The molecule has 0 amide bonds. The fraction of sp³-hybridized carbons (Fsp3) is 0.143. The lowest BCUT2D eigenvalue weighted by Crippen LogP contribution is -1.98. The van der Waals surface area contributed by atoms with Gasteiger partial charge >= 0.3 is 0 Å². The molecule has 0 saturated carbocycles. The molecular formula is C14H11ClN6O. The summed E-state index contributed by atoms with van der Waals surface area (Å²) in [6, 6.07) is 7.16. The van der Waals surface area contributed by atoms with E-state index in [0.29, 0.717) is 22.2 Å². The van der Waals surface area contributed by atoms with Gasteiger partial charge in [-0.2, -0.15) is 5.10 Å². The number of hydrogen-bond acceptors (Lipinski definition) is 5. The highest BCUT2D eigenvalue weighted by molar-refractivity contribution is 6.30. The third-order valence-corrected chi connectivity index (χ3v) is 3.55. The van der Waals surface area contributed by atoms with Gasteiger partial charge in [0.05, 0.1) is 11.6 Å². The van der Waals surface area contributed by atoms with Gasteiger partial charge in [0.2, 0.25) is 0 Å². The summed E-state index contributed by atoms with van der Waals surface area (Å²) in [5.41, 5.74) is 1.48. The van der Waals surface area contributed by atoms with Crippen molar-refractivity contribution in [3.05, 3.63) is 47.6 Å². The minimum absolute atomic E-state index is 0.269. The fourth-order valence-corrected chi connectivity index (χ4v) is 2.35. The molecule has 0 spiro atoms. The molecule has 8 heteroatoms. The predicted molar refractivity (Wildman–Crippen MR) is 80.8 cm³/mol. The summed E-state index contributed by atoms with van der Waals surface area (Å²) in [6.45, 7) is 0.269. The molecule has 0 aliphatic heterocycles. The van der Waals surface area contributed by atoms with Crippen LogP contribution in [0.4, 0.5) is 0 Å². The molecule has 7 nitrogen and oxygen atoms in total. The summed E-state index contributed by atoms with van der Waals surface area (Å²) in [5.74, 6) is 1.29. The largest absolute Gasteiger partial charge is 0.486 e. The third kappa shape index (κ3) is 2.15. The van der Waals surface area contributed by atoms with E-state index in [2.05, 4.69) is 20.2 Å². The highest BCUT2D eigenvalue weighted by atomic mass is 35.5. The molecule has 1 aromatic carbocycles. The van der Waals surface area contributed by atoms with Crippen LogP contribution in [0.15, 0.2) is 36.8 Å². The summed E-state index contributed by atoms with van der Waals surface area (Å²) in [4.78, 5) is 8.81. The van der Waals surface area contributed by atoms with Crippen molar-refractivity contribution in [1.82, 2.24) is 29.4 Å². The van der Waals surface area contributed by atoms with Crippen molar-refractivity contribution in [3.63, 3.8) is 0 Å². The highest BCUT2D eigenvalue weighted by Crippen LogP contribution is 2.18. The first-order valence-corrected chi connectivity index (χ1v) is 6.99. The molecule has 3 heterocycles. The number of benzene rings is 1. The quantitative estimate of drug-likeness (QED) is 0.580. The van der Waals surface area contributed by atoms with E-state index < -0.39 is 0 Å². The first-order valence-electron chi connectivity index (χ1n) is 6.61. The van der Waals surface area contributed by atoms with Gasteiger partial charge in [0.15, 0.2) is 17.1 Å². The summed E-state index contributed by atoms with van der Waals surface area (Å²) in [6.07, 6.45) is 3.36. The van der Waals surface area contributed by atoms with Crippen LogP contribution in [-0.4, -0.2) is 29.4 Å². The van der Waals surface area contributed by atoms with E-state index in [1.54, 1.807) is 46.0 Å². The lowest BCUT2D eigenvalue weighted by atomic mass is 10.3. The van der Waals surface area contributed by atoms with Gasteiger partial charge in [0.1, 0.15) is 18.7 Å². The summed E-state index contributed by atoms with van der Waals surface area (Å²) in [5, 5.41) is 10.1. The van der Waals surface area contributed by atoms with Crippen molar-refractivity contribution < 1.29 is 4.74 Å². The van der Waals surface area contributed by atoms with E-state index in [1.807, 2.05) is 7.05 Å². The molecule has 0 saturated heterocycles. The second-order valence-electron chi connectivity index (χ2n) is 4.79. The normalized spacial score (nSPS) is 11.4. The van der Waals surface area contributed by atoms with Crippen molar-refractivity contribution in [3.8, 4) is 5.75 Å². The topological polar surface area (TPSA) is 70.1 Å². The molecule has 110 valence electrons. The molecule has 0 N–H and O–H groups in total. The average Bonchev–Trinajstić information content (AvgIpc) is 3.10. The van der Waals surface area contributed by atoms with Crippen LogP contribution in [0, 0.1) is 0 Å². The van der Waals surface area contributed by atoms with Gasteiger partial charge in [0.25, 0.3) is 0 Å². The molecule has 4 rings (SSSR count). The Balaban J connectivity index is 1.65. The van der Waals surface area contributed by atoms with Crippen LogP contribution in [0.1, 0.15) is 5.82 Å². The standard InChI is InChI=1S/C14H11ClN6O/c1-20-13-11(6-17-20)14-18-12(19-21(14)8-16-13)7-22-10-4-2-9(15)3-5-10/h2-6,8H,7H2,1H3. The van der Waals surface area contributed by atoms with Gasteiger partial charge in [-0.05, 0) is 24.3 Å². The molecule has 22 heavy (non-hydrogen) atoms. The zero-order chi connectivity index (χ0) is 15.1. The minimum atomic E-state index is 0.269. The molecule has 0 aliphatic rings. The predicted octanol–water partition coefficient (Wildman–Crippen LogP) is 2.24. The molecule has 0 radical (unpaired) electrons. The van der Waals surface area contributed by atoms with Crippen LogP contribution in [0.5, 0.6) is 5.75 Å². The van der Waals surface area contributed by atoms with E-state index >= 15 is 0 Å². The monoisotopic (exact) mass is 314 g/mol. The van der Waals surface area contributed by atoms with Crippen molar-refractivity contribution in [1.29, 1.82) is 0 Å². The molecule has 0 fully saturated rings. The summed E-state index contributed by atoms with van der Waals surface area (Å²) < 4.78 is 8.99. The van der Waals surface area contributed by atoms with E-state index in [0.717, 1.165) is 11.0 Å². The number of hydrogen-bond donors (Lipinski definition) is 0. The van der Waals surface area contributed by atoms with Gasteiger partial charge in [-0.15, -0.1) is 5.10 Å². The van der Waals surface area contributed by atoms with Crippen molar-refractivity contribution in [2.45, 2.75) is 6.61 Å². The first kappa shape index (κ1) is 13.0. The Morgan fingerprint density at radius 3 is 2.82 bits per heavy atom.